The lowest BCUT2D eigenvalue weighted by Crippen LogP contribution is -1.98. The Balaban J connectivity index is 2.26. The highest BCUT2D eigenvalue weighted by atomic mass is 32.1. The molecule has 100 valence electrons. The second kappa shape index (κ2) is 5.53. The molecule has 0 spiro atoms. The zero-order valence-corrected chi connectivity index (χ0v) is 12.1. The summed E-state index contributed by atoms with van der Waals surface area (Å²) in [6, 6.07) is 6.46. The van der Waals surface area contributed by atoms with Crippen LogP contribution in [0.4, 0.5) is 0 Å². The van der Waals surface area contributed by atoms with E-state index in [-0.39, 0.29) is 5.69 Å². The number of aromatic carboxylic acids is 1. The molecule has 3 nitrogen and oxygen atoms in total. The standard InChI is InChI=1S/C15H17NO2S/c1-9(2)11-5-4-10(3)12(6-11)7-14-16-13(8-19-14)15(17)18/h4-6,8-9H,7H2,1-3H3,(H,17,18). The zero-order valence-electron chi connectivity index (χ0n) is 11.3. The van der Waals surface area contributed by atoms with Crippen LogP contribution in [0.15, 0.2) is 23.6 Å². The number of carboxylic acid groups (broad SMARTS) is 1. The van der Waals surface area contributed by atoms with Gasteiger partial charge in [-0.1, -0.05) is 32.0 Å². The number of aryl methyl sites for hydroxylation is 1. The minimum atomic E-state index is -0.963. The molecule has 2 aromatic rings. The molecule has 0 unspecified atom stereocenters. The maximum atomic E-state index is 10.8. The van der Waals surface area contributed by atoms with Gasteiger partial charge in [0.05, 0.1) is 5.01 Å². The lowest BCUT2D eigenvalue weighted by atomic mass is 9.96. The SMILES string of the molecule is Cc1ccc(C(C)C)cc1Cc1nc(C(=O)O)cs1. The first-order valence-electron chi connectivity index (χ1n) is 6.24. The van der Waals surface area contributed by atoms with Gasteiger partial charge in [0.2, 0.25) is 0 Å². The third-order valence-corrected chi connectivity index (χ3v) is 4.00. The predicted octanol–water partition coefficient (Wildman–Crippen LogP) is 3.86. The molecule has 0 aliphatic rings. The molecule has 0 atom stereocenters. The summed E-state index contributed by atoms with van der Waals surface area (Å²) in [5.41, 5.74) is 3.88. The van der Waals surface area contributed by atoms with Crippen LogP contribution in [0.25, 0.3) is 0 Å². The third kappa shape index (κ3) is 3.20. The molecule has 4 heteroatoms. The van der Waals surface area contributed by atoms with Gasteiger partial charge in [-0.05, 0) is 29.5 Å². The Hall–Kier alpha value is -1.68. The number of thiazole rings is 1. The molecule has 0 fully saturated rings. The fraction of sp³-hybridized carbons (Fsp3) is 0.333. The number of benzene rings is 1. The van der Waals surface area contributed by atoms with Crippen LogP contribution in [0.1, 0.15) is 52.0 Å². The highest BCUT2D eigenvalue weighted by molar-refractivity contribution is 7.09. The van der Waals surface area contributed by atoms with E-state index >= 15 is 0 Å². The highest BCUT2D eigenvalue weighted by Crippen LogP contribution is 2.22. The summed E-state index contributed by atoms with van der Waals surface area (Å²) in [4.78, 5) is 15.0. The summed E-state index contributed by atoms with van der Waals surface area (Å²) < 4.78 is 0. The van der Waals surface area contributed by atoms with E-state index in [2.05, 4.69) is 44.0 Å². The Labute approximate surface area is 116 Å². The van der Waals surface area contributed by atoms with Gasteiger partial charge in [0.1, 0.15) is 0 Å². The first-order valence-corrected chi connectivity index (χ1v) is 7.12. The molecule has 1 N–H and O–H groups in total. The number of nitrogens with zero attached hydrogens (tertiary/aromatic N) is 1. The highest BCUT2D eigenvalue weighted by Gasteiger charge is 2.11. The van der Waals surface area contributed by atoms with Crippen molar-refractivity contribution in [2.24, 2.45) is 0 Å². The van der Waals surface area contributed by atoms with Gasteiger partial charge < -0.3 is 5.11 Å². The second-order valence-electron chi connectivity index (χ2n) is 4.95. The Morgan fingerprint density at radius 1 is 1.42 bits per heavy atom. The fourth-order valence-electron chi connectivity index (χ4n) is 1.89. The van der Waals surface area contributed by atoms with Crippen LogP contribution in [0.5, 0.6) is 0 Å². The average Bonchev–Trinajstić information content (AvgIpc) is 2.80. The van der Waals surface area contributed by atoms with Crippen molar-refractivity contribution in [3.63, 3.8) is 0 Å². The van der Waals surface area contributed by atoms with Crippen LogP contribution in [0, 0.1) is 6.92 Å². The van der Waals surface area contributed by atoms with Crippen molar-refractivity contribution in [3.8, 4) is 0 Å². The molecule has 0 saturated heterocycles. The van der Waals surface area contributed by atoms with Gasteiger partial charge in [0.25, 0.3) is 0 Å². The van der Waals surface area contributed by atoms with Crippen LogP contribution < -0.4 is 0 Å². The van der Waals surface area contributed by atoms with Crippen molar-refractivity contribution in [3.05, 3.63) is 51.0 Å². The number of aromatic nitrogens is 1. The number of hydrogen-bond donors (Lipinski definition) is 1. The lowest BCUT2D eigenvalue weighted by molar-refractivity contribution is 0.0691. The van der Waals surface area contributed by atoms with Gasteiger partial charge in [-0.2, -0.15) is 0 Å². The van der Waals surface area contributed by atoms with Gasteiger partial charge >= 0.3 is 5.97 Å². The summed E-state index contributed by atoms with van der Waals surface area (Å²) in [5.74, 6) is -0.472. The molecule has 0 amide bonds. The molecule has 0 radical (unpaired) electrons. The number of carbonyl (C=O) groups is 1. The van der Waals surface area contributed by atoms with E-state index in [1.54, 1.807) is 5.38 Å². The van der Waals surface area contributed by atoms with Crippen LogP contribution in [-0.2, 0) is 6.42 Å². The summed E-state index contributed by atoms with van der Waals surface area (Å²) in [7, 11) is 0. The molecule has 1 heterocycles. The van der Waals surface area contributed by atoms with E-state index in [0.29, 0.717) is 12.3 Å². The van der Waals surface area contributed by atoms with Crippen molar-refractivity contribution in [1.82, 2.24) is 4.98 Å². The summed E-state index contributed by atoms with van der Waals surface area (Å²) >= 11 is 1.40. The third-order valence-electron chi connectivity index (χ3n) is 3.15. The van der Waals surface area contributed by atoms with Gasteiger partial charge in [0, 0.05) is 11.8 Å². The molecule has 0 aliphatic heterocycles. The minimum absolute atomic E-state index is 0.137. The Bertz CT molecular complexity index is 602. The number of rotatable bonds is 4. The molecule has 0 saturated carbocycles. The Morgan fingerprint density at radius 3 is 2.74 bits per heavy atom. The smallest absolute Gasteiger partial charge is 0.355 e. The average molecular weight is 275 g/mol. The normalized spacial score (nSPS) is 10.9. The summed E-state index contributed by atoms with van der Waals surface area (Å²) in [5, 5.41) is 11.3. The van der Waals surface area contributed by atoms with Crippen LogP contribution in [0.3, 0.4) is 0 Å². The second-order valence-corrected chi connectivity index (χ2v) is 5.89. The van der Waals surface area contributed by atoms with Gasteiger partial charge in [-0.25, -0.2) is 9.78 Å². The lowest BCUT2D eigenvalue weighted by Gasteiger charge is -2.10. The molecular formula is C15H17NO2S. The monoisotopic (exact) mass is 275 g/mol. The minimum Gasteiger partial charge on any atom is -0.476 e. The van der Waals surface area contributed by atoms with Crippen molar-refractivity contribution in [2.75, 3.05) is 0 Å². The molecule has 1 aromatic carbocycles. The van der Waals surface area contributed by atoms with E-state index in [0.717, 1.165) is 5.01 Å². The van der Waals surface area contributed by atoms with Gasteiger partial charge in [0.15, 0.2) is 5.69 Å². The first-order chi connectivity index (χ1) is 8.97. The van der Waals surface area contributed by atoms with E-state index in [1.807, 2.05) is 0 Å². The maximum Gasteiger partial charge on any atom is 0.355 e. The van der Waals surface area contributed by atoms with E-state index in [9.17, 15) is 4.79 Å². The molecule has 0 aliphatic carbocycles. The first kappa shape index (κ1) is 13.7. The van der Waals surface area contributed by atoms with Crippen LogP contribution in [-0.4, -0.2) is 16.1 Å². The summed E-state index contributed by atoms with van der Waals surface area (Å²) in [6.45, 7) is 6.41. The maximum absolute atomic E-state index is 10.8. The molecular weight excluding hydrogens is 258 g/mol. The summed E-state index contributed by atoms with van der Waals surface area (Å²) in [6.07, 6.45) is 0.699. The van der Waals surface area contributed by atoms with Crippen molar-refractivity contribution < 1.29 is 9.90 Å². The topological polar surface area (TPSA) is 50.2 Å². The van der Waals surface area contributed by atoms with Crippen LogP contribution >= 0.6 is 11.3 Å². The van der Waals surface area contributed by atoms with E-state index in [1.165, 1.54) is 28.0 Å². The Kier molecular flexibility index (Phi) is 4.00. The van der Waals surface area contributed by atoms with Crippen LogP contribution in [0.2, 0.25) is 0 Å². The fourth-order valence-corrected chi connectivity index (χ4v) is 2.69. The zero-order chi connectivity index (χ0) is 14.0. The number of hydrogen-bond acceptors (Lipinski definition) is 3. The molecule has 1 aromatic heterocycles. The van der Waals surface area contributed by atoms with E-state index in [4.69, 9.17) is 5.11 Å². The van der Waals surface area contributed by atoms with E-state index < -0.39 is 5.97 Å². The van der Waals surface area contributed by atoms with Crippen molar-refractivity contribution in [2.45, 2.75) is 33.1 Å². The largest absolute Gasteiger partial charge is 0.476 e. The molecule has 2 rings (SSSR count). The van der Waals surface area contributed by atoms with Gasteiger partial charge in [-0.15, -0.1) is 11.3 Å². The molecule has 0 bridgehead atoms. The Morgan fingerprint density at radius 2 is 2.16 bits per heavy atom. The molecule has 19 heavy (non-hydrogen) atoms. The van der Waals surface area contributed by atoms with Gasteiger partial charge in [-0.3, -0.25) is 0 Å². The van der Waals surface area contributed by atoms with Crippen molar-refractivity contribution >= 4 is 17.3 Å². The quantitative estimate of drug-likeness (QED) is 0.921. The predicted molar refractivity (Wildman–Crippen MR) is 77.1 cm³/mol. The van der Waals surface area contributed by atoms with Crippen molar-refractivity contribution in [1.29, 1.82) is 0 Å². The number of carboxylic acids is 1.